The minimum Gasteiger partial charge on any atom is -0.316 e. The standard InChI is InChI=1S/C10H18N2S/c1-2-3-4-6-11-7-5-10-8-13-9-12-10/h8-9,11H,2-7H2,1H3. The first kappa shape index (κ1) is 10.7. The maximum Gasteiger partial charge on any atom is 0.0794 e. The lowest BCUT2D eigenvalue weighted by Gasteiger charge is -2.01. The van der Waals surface area contributed by atoms with E-state index in [1.54, 1.807) is 11.3 Å². The van der Waals surface area contributed by atoms with Gasteiger partial charge in [-0.25, -0.2) is 4.98 Å². The maximum atomic E-state index is 4.23. The summed E-state index contributed by atoms with van der Waals surface area (Å²) in [5.41, 5.74) is 3.11. The lowest BCUT2D eigenvalue weighted by atomic mass is 10.2. The van der Waals surface area contributed by atoms with Crippen molar-refractivity contribution >= 4 is 11.3 Å². The van der Waals surface area contributed by atoms with E-state index in [0.29, 0.717) is 0 Å². The van der Waals surface area contributed by atoms with Crippen LogP contribution >= 0.6 is 11.3 Å². The van der Waals surface area contributed by atoms with Gasteiger partial charge < -0.3 is 5.32 Å². The fourth-order valence-corrected chi connectivity index (χ4v) is 1.80. The second-order valence-corrected chi connectivity index (χ2v) is 3.91. The average Bonchev–Trinajstić information content (AvgIpc) is 2.63. The summed E-state index contributed by atoms with van der Waals surface area (Å²) in [6.45, 7) is 4.45. The van der Waals surface area contributed by atoms with Crippen LogP contribution in [0.15, 0.2) is 10.9 Å². The number of hydrogen-bond acceptors (Lipinski definition) is 3. The Balaban J connectivity index is 1.90. The molecule has 0 aromatic carbocycles. The van der Waals surface area contributed by atoms with Crippen LogP contribution in [0.4, 0.5) is 0 Å². The highest BCUT2D eigenvalue weighted by Gasteiger charge is 1.93. The Bertz CT molecular complexity index is 197. The number of nitrogens with zero attached hydrogens (tertiary/aromatic N) is 1. The molecule has 1 N–H and O–H groups in total. The zero-order valence-corrected chi connectivity index (χ0v) is 9.07. The van der Waals surface area contributed by atoms with E-state index in [9.17, 15) is 0 Å². The normalized spacial score (nSPS) is 10.5. The first-order valence-electron chi connectivity index (χ1n) is 5.01. The van der Waals surface area contributed by atoms with Crippen LogP contribution in [0.25, 0.3) is 0 Å². The van der Waals surface area contributed by atoms with Crippen molar-refractivity contribution in [2.45, 2.75) is 32.6 Å². The molecule has 1 aromatic rings. The second-order valence-electron chi connectivity index (χ2n) is 3.19. The molecule has 2 nitrogen and oxygen atoms in total. The van der Waals surface area contributed by atoms with Gasteiger partial charge in [0.25, 0.3) is 0 Å². The molecule has 0 aliphatic carbocycles. The largest absolute Gasteiger partial charge is 0.316 e. The smallest absolute Gasteiger partial charge is 0.0794 e. The van der Waals surface area contributed by atoms with Crippen LogP contribution in [0.1, 0.15) is 31.9 Å². The lowest BCUT2D eigenvalue weighted by molar-refractivity contribution is 0.614. The molecular formula is C10H18N2S. The molecule has 0 unspecified atom stereocenters. The zero-order chi connectivity index (χ0) is 9.36. The van der Waals surface area contributed by atoms with Gasteiger partial charge in [-0.05, 0) is 13.0 Å². The first-order chi connectivity index (χ1) is 6.43. The molecule has 13 heavy (non-hydrogen) atoms. The third kappa shape index (κ3) is 5.01. The number of nitrogens with one attached hydrogen (secondary N) is 1. The molecule has 3 heteroatoms. The third-order valence-electron chi connectivity index (χ3n) is 2.00. The maximum absolute atomic E-state index is 4.23. The van der Waals surface area contributed by atoms with Gasteiger partial charge >= 0.3 is 0 Å². The summed E-state index contributed by atoms with van der Waals surface area (Å²) in [5.74, 6) is 0. The van der Waals surface area contributed by atoms with Crippen LogP contribution in [0.5, 0.6) is 0 Å². The fourth-order valence-electron chi connectivity index (χ4n) is 1.20. The SMILES string of the molecule is CCCCCNCCc1cscn1. The molecule has 0 bridgehead atoms. The molecule has 0 fully saturated rings. The number of unbranched alkanes of at least 4 members (excludes halogenated alkanes) is 2. The fraction of sp³-hybridized carbons (Fsp3) is 0.700. The Hall–Kier alpha value is -0.410. The Labute approximate surface area is 84.4 Å². The molecule has 0 spiro atoms. The van der Waals surface area contributed by atoms with Crippen molar-refractivity contribution in [2.75, 3.05) is 13.1 Å². The van der Waals surface area contributed by atoms with E-state index in [1.165, 1.54) is 25.0 Å². The van der Waals surface area contributed by atoms with Crippen molar-refractivity contribution < 1.29 is 0 Å². The van der Waals surface area contributed by atoms with Gasteiger partial charge in [0.05, 0.1) is 11.2 Å². The third-order valence-corrected chi connectivity index (χ3v) is 2.63. The van der Waals surface area contributed by atoms with Crippen molar-refractivity contribution in [1.82, 2.24) is 10.3 Å². The summed E-state index contributed by atoms with van der Waals surface area (Å²) in [7, 11) is 0. The highest BCUT2D eigenvalue weighted by Crippen LogP contribution is 2.00. The Morgan fingerprint density at radius 3 is 3.00 bits per heavy atom. The monoisotopic (exact) mass is 198 g/mol. The van der Waals surface area contributed by atoms with Crippen LogP contribution < -0.4 is 5.32 Å². The molecular weight excluding hydrogens is 180 g/mol. The van der Waals surface area contributed by atoms with E-state index in [-0.39, 0.29) is 0 Å². The van der Waals surface area contributed by atoms with Crippen molar-refractivity contribution in [3.05, 3.63) is 16.6 Å². The summed E-state index contributed by atoms with van der Waals surface area (Å²) < 4.78 is 0. The Morgan fingerprint density at radius 1 is 1.38 bits per heavy atom. The lowest BCUT2D eigenvalue weighted by Crippen LogP contribution is -2.18. The van der Waals surface area contributed by atoms with Crippen molar-refractivity contribution in [3.63, 3.8) is 0 Å². The van der Waals surface area contributed by atoms with Gasteiger partial charge in [0.2, 0.25) is 0 Å². The molecule has 1 heterocycles. The summed E-state index contributed by atoms with van der Waals surface area (Å²) in [4.78, 5) is 4.23. The van der Waals surface area contributed by atoms with Gasteiger partial charge in [-0.1, -0.05) is 19.8 Å². The Morgan fingerprint density at radius 2 is 2.31 bits per heavy atom. The van der Waals surface area contributed by atoms with E-state index in [2.05, 4.69) is 22.6 Å². The van der Waals surface area contributed by atoms with Crippen LogP contribution in [0.2, 0.25) is 0 Å². The van der Waals surface area contributed by atoms with Crippen LogP contribution in [0, 0.1) is 0 Å². The zero-order valence-electron chi connectivity index (χ0n) is 8.25. The summed E-state index contributed by atoms with van der Waals surface area (Å²) >= 11 is 1.67. The van der Waals surface area contributed by atoms with E-state index >= 15 is 0 Å². The number of rotatable bonds is 7. The van der Waals surface area contributed by atoms with Gasteiger partial charge in [-0.15, -0.1) is 11.3 Å². The molecule has 1 rings (SSSR count). The highest BCUT2D eigenvalue weighted by molar-refractivity contribution is 7.07. The molecule has 74 valence electrons. The van der Waals surface area contributed by atoms with Gasteiger partial charge in [0.1, 0.15) is 0 Å². The van der Waals surface area contributed by atoms with Crippen molar-refractivity contribution in [2.24, 2.45) is 0 Å². The molecule has 0 aliphatic heterocycles. The molecule has 0 atom stereocenters. The van der Waals surface area contributed by atoms with Crippen molar-refractivity contribution in [1.29, 1.82) is 0 Å². The first-order valence-corrected chi connectivity index (χ1v) is 5.95. The predicted molar refractivity (Wildman–Crippen MR) is 58.2 cm³/mol. The Kier molecular flexibility index (Phi) is 5.78. The van der Waals surface area contributed by atoms with Crippen LogP contribution in [-0.2, 0) is 6.42 Å². The van der Waals surface area contributed by atoms with Crippen molar-refractivity contribution in [3.8, 4) is 0 Å². The number of aromatic nitrogens is 1. The topological polar surface area (TPSA) is 24.9 Å². The quantitative estimate of drug-likeness (QED) is 0.681. The van der Waals surface area contributed by atoms with E-state index in [4.69, 9.17) is 0 Å². The molecule has 1 aromatic heterocycles. The van der Waals surface area contributed by atoms with Crippen LogP contribution in [0.3, 0.4) is 0 Å². The second kappa shape index (κ2) is 7.04. The van der Waals surface area contributed by atoms with Gasteiger partial charge in [0, 0.05) is 18.3 Å². The highest BCUT2D eigenvalue weighted by atomic mass is 32.1. The van der Waals surface area contributed by atoms with Crippen LogP contribution in [-0.4, -0.2) is 18.1 Å². The minimum absolute atomic E-state index is 1.06. The average molecular weight is 198 g/mol. The molecule has 0 radical (unpaired) electrons. The molecule has 0 saturated carbocycles. The molecule has 0 saturated heterocycles. The van der Waals surface area contributed by atoms with E-state index in [0.717, 1.165) is 19.5 Å². The van der Waals surface area contributed by atoms with Gasteiger partial charge in [-0.2, -0.15) is 0 Å². The summed E-state index contributed by atoms with van der Waals surface area (Å²) in [6, 6.07) is 0. The molecule has 0 aliphatic rings. The summed E-state index contributed by atoms with van der Waals surface area (Å²) in [5, 5.41) is 5.54. The van der Waals surface area contributed by atoms with E-state index < -0.39 is 0 Å². The predicted octanol–water partition coefficient (Wildman–Crippen LogP) is 2.47. The number of hydrogen-bond donors (Lipinski definition) is 1. The van der Waals surface area contributed by atoms with Gasteiger partial charge in [-0.3, -0.25) is 0 Å². The van der Waals surface area contributed by atoms with E-state index in [1.807, 2.05) is 5.51 Å². The minimum atomic E-state index is 1.06. The van der Waals surface area contributed by atoms with Gasteiger partial charge in [0.15, 0.2) is 0 Å². The molecule has 0 amide bonds. The number of thiazole rings is 1. The summed E-state index contributed by atoms with van der Waals surface area (Å²) in [6.07, 6.45) is 5.00.